The van der Waals surface area contributed by atoms with Crippen LogP contribution in [0, 0.1) is 0 Å². The lowest BCUT2D eigenvalue weighted by atomic mass is 10.2. The van der Waals surface area contributed by atoms with Crippen molar-refractivity contribution in [3.63, 3.8) is 0 Å². The van der Waals surface area contributed by atoms with Crippen molar-refractivity contribution in [3.8, 4) is 0 Å². The van der Waals surface area contributed by atoms with Gasteiger partial charge in [0.05, 0.1) is 24.6 Å². The zero-order valence-electron chi connectivity index (χ0n) is 11.4. The Morgan fingerprint density at radius 2 is 2.11 bits per heavy atom. The summed E-state index contributed by atoms with van der Waals surface area (Å²) in [5.41, 5.74) is 2.56. The van der Waals surface area contributed by atoms with Crippen LogP contribution < -0.4 is 15.5 Å². The Kier molecular flexibility index (Phi) is 4.20. The highest BCUT2D eigenvalue weighted by atomic mass is 16.5. The molecule has 1 aromatic carbocycles. The molecule has 19 heavy (non-hydrogen) atoms. The van der Waals surface area contributed by atoms with Crippen molar-refractivity contribution < 1.29 is 4.74 Å². The second-order valence-electron chi connectivity index (χ2n) is 5.29. The summed E-state index contributed by atoms with van der Waals surface area (Å²) in [7, 11) is 0. The summed E-state index contributed by atoms with van der Waals surface area (Å²) in [6.45, 7) is 5.82. The number of hydrogen-bond donors (Lipinski definition) is 2. The van der Waals surface area contributed by atoms with Gasteiger partial charge in [0.25, 0.3) is 0 Å². The lowest BCUT2D eigenvalue weighted by Gasteiger charge is -2.31. The van der Waals surface area contributed by atoms with Crippen LogP contribution in [0.5, 0.6) is 0 Å². The minimum atomic E-state index is 0.623. The molecule has 2 N–H and O–H groups in total. The fraction of sp³-hybridized carbons (Fsp3) is 0.600. The number of rotatable bonds is 4. The smallest absolute Gasteiger partial charge is 0.0642 e. The Hall–Kier alpha value is -1.26. The highest BCUT2D eigenvalue weighted by molar-refractivity contribution is 5.70. The van der Waals surface area contributed by atoms with Gasteiger partial charge in [-0.1, -0.05) is 12.1 Å². The van der Waals surface area contributed by atoms with Gasteiger partial charge < -0.3 is 20.3 Å². The zero-order valence-corrected chi connectivity index (χ0v) is 11.4. The highest BCUT2D eigenvalue weighted by Crippen LogP contribution is 2.26. The van der Waals surface area contributed by atoms with Gasteiger partial charge in [-0.25, -0.2) is 0 Å². The first-order valence-corrected chi connectivity index (χ1v) is 7.32. The summed E-state index contributed by atoms with van der Waals surface area (Å²) in [6, 6.07) is 9.23. The maximum Gasteiger partial charge on any atom is 0.0642 e. The normalized spacial score (nSPS) is 23.6. The molecule has 1 unspecified atom stereocenters. The predicted octanol–water partition coefficient (Wildman–Crippen LogP) is 1.69. The second kappa shape index (κ2) is 6.26. The molecular formula is C15H23N3O. The summed E-state index contributed by atoms with van der Waals surface area (Å²) in [4.78, 5) is 2.41. The van der Waals surface area contributed by atoms with Crippen LogP contribution in [-0.2, 0) is 4.74 Å². The van der Waals surface area contributed by atoms with Gasteiger partial charge in [0.2, 0.25) is 0 Å². The topological polar surface area (TPSA) is 36.5 Å². The van der Waals surface area contributed by atoms with Crippen LogP contribution in [0.25, 0.3) is 0 Å². The molecule has 4 heteroatoms. The first-order chi connectivity index (χ1) is 9.43. The van der Waals surface area contributed by atoms with Crippen molar-refractivity contribution in [3.05, 3.63) is 24.3 Å². The van der Waals surface area contributed by atoms with E-state index in [2.05, 4.69) is 39.8 Å². The molecule has 104 valence electrons. The Labute approximate surface area is 115 Å². The molecule has 0 bridgehead atoms. The van der Waals surface area contributed by atoms with E-state index in [1.165, 1.54) is 24.2 Å². The van der Waals surface area contributed by atoms with E-state index in [1.807, 2.05) is 0 Å². The van der Waals surface area contributed by atoms with Gasteiger partial charge >= 0.3 is 0 Å². The van der Waals surface area contributed by atoms with Crippen molar-refractivity contribution in [2.45, 2.75) is 18.9 Å². The first kappa shape index (κ1) is 12.8. The quantitative estimate of drug-likeness (QED) is 0.865. The number of para-hydroxylation sites is 2. The van der Waals surface area contributed by atoms with E-state index in [-0.39, 0.29) is 0 Å². The molecular weight excluding hydrogens is 238 g/mol. The lowest BCUT2D eigenvalue weighted by molar-refractivity contribution is 0.123. The number of nitrogens with one attached hydrogen (secondary N) is 2. The van der Waals surface area contributed by atoms with Crippen LogP contribution in [0.15, 0.2) is 24.3 Å². The number of nitrogens with zero attached hydrogens (tertiary/aromatic N) is 1. The molecule has 1 atom stereocenters. The second-order valence-corrected chi connectivity index (χ2v) is 5.29. The molecule has 2 aliphatic rings. The van der Waals surface area contributed by atoms with Crippen LogP contribution in [0.1, 0.15) is 12.8 Å². The Bertz CT molecular complexity index is 398. The zero-order chi connectivity index (χ0) is 12.9. The molecule has 3 rings (SSSR count). The SMILES string of the molecule is c1ccc(N2CCOCC2)c(NCC2CCCN2)c1. The number of morpholine rings is 1. The molecule has 0 aliphatic carbocycles. The fourth-order valence-electron chi connectivity index (χ4n) is 2.87. The largest absolute Gasteiger partial charge is 0.382 e. The Morgan fingerprint density at radius 3 is 2.89 bits per heavy atom. The molecule has 1 aromatic rings. The van der Waals surface area contributed by atoms with E-state index in [9.17, 15) is 0 Å². The third-order valence-corrected chi connectivity index (χ3v) is 3.96. The van der Waals surface area contributed by atoms with Gasteiger partial charge in [0, 0.05) is 25.7 Å². The molecule has 0 amide bonds. The highest BCUT2D eigenvalue weighted by Gasteiger charge is 2.16. The number of hydrogen-bond acceptors (Lipinski definition) is 4. The average Bonchev–Trinajstić information content (AvgIpc) is 3.00. The van der Waals surface area contributed by atoms with Crippen molar-refractivity contribution in [1.29, 1.82) is 0 Å². The van der Waals surface area contributed by atoms with Crippen molar-refractivity contribution >= 4 is 11.4 Å². The molecule has 0 spiro atoms. The summed E-state index contributed by atoms with van der Waals surface area (Å²) in [5, 5.41) is 7.14. The van der Waals surface area contributed by atoms with E-state index < -0.39 is 0 Å². The molecule has 2 aliphatic heterocycles. The van der Waals surface area contributed by atoms with Crippen LogP contribution in [0.3, 0.4) is 0 Å². The van der Waals surface area contributed by atoms with Crippen LogP contribution in [0.2, 0.25) is 0 Å². The number of anilines is 2. The molecule has 4 nitrogen and oxygen atoms in total. The van der Waals surface area contributed by atoms with Gasteiger partial charge in [-0.2, -0.15) is 0 Å². The van der Waals surface area contributed by atoms with E-state index in [0.717, 1.165) is 39.4 Å². The first-order valence-electron chi connectivity index (χ1n) is 7.32. The molecule has 0 saturated carbocycles. The van der Waals surface area contributed by atoms with E-state index in [0.29, 0.717) is 6.04 Å². The van der Waals surface area contributed by atoms with Gasteiger partial charge in [-0.05, 0) is 31.5 Å². The molecule has 0 radical (unpaired) electrons. The third kappa shape index (κ3) is 3.19. The summed E-state index contributed by atoms with van der Waals surface area (Å²) in [5.74, 6) is 0. The van der Waals surface area contributed by atoms with E-state index >= 15 is 0 Å². The Morgan fingerprint density at radius 1 is 1.26 bits per heavy atom. The average molecular weight is 261 g/mol. The molecule has 2 heterocycles. The summed E-state index contributed by atoms with van der Waals surface area (Å²) < 4.78 is 5.43. The molecule has 2 saturated heterocycles. The number of ether oxygens (including phenoxy) is 1. The van der Waals surface area contributed by atoms with Crippen LogP contribution in [-0.4, -0.2) is 45.4 Å². The maximum atomic E-state index is 5.43. The summed E-state index contributed by atoms with van der Waals surface area (Å²) in [6.07, 6.45) is 2.59. The Balaban J connectivity index is 1.65. The summed E-state index contributed by atoms with van der Waals surface area (Å²) >= 11 is 0. The standard InChI is InChI=1S/C15H23N3O/c1-2-6-15(18-8-10-19-11-9-18)14(5-1)17-12-13-4-3-7-16-13/h1-2,5-6,13,16-17H,3-4,7-12H2. The predicted molar refractivity (Wildman–Crippen MR) is 79.0 cm³/mol. The van der Waals surface area contributed by atoms with Gasteiger partial charge in [-0.15, -0.1) is 0 Å². The minimum Gasteiger partial charge on any atom is -0.382 e. The van der Waals surface area contributed by atoms with Gasteiger partial charge in [-0.3, -0.25) is 0 Å². The monoisotopic (exact) mass is 261 g/mol. The van der Waals surface area contributed by atoms with Crippen molar-refractivity contribution in [2.75, 3.05) is 49.6 Å². The van der Waals surface area contributed by atoms with Crippen LogP contribution in [0.4, 0.5) is 11.4 Å². The van der Waals surface area contributed by atoms with Crippen molar-refractivity contribution in [2.24, 2.45) is 0 Å². The molecule has 0 aromatic heterocycles. The lowest BCUT2D eigenvalue weighted by Crippen LogP contribution is -2.37. The fourth-order valence-corrected chi connectivity index (χ4v) is 2.87. The van der Waals surface area contributed by atoms with Crippen LogP contribution >= 0.6 is 0 Å². The third-order valence-electron chi connectivity index (χ3n) is 3.96. The number of benzene rings is 1. The van der Waals surface area contributed by atoms with Gasteiger partial charge in [0.15, 0.2) is 0 Å². The van der Waals surface area contributed by atoms with Gasteiger partial charge in [0.1, 0.15) is 0 Å². The van der Waals surface area contributed by atoms with E-state index in [1.54, 1.807) is 0 Å². The molecule has 2 fully saturated rings. The minimum absolute atomic E-state index is 0.623. The maximum absolute atomic E-state index is 5.43. The van der Waals surface area contributed by atoms with Crippen molar-refractivity contribution in [1.82, 2.24) is 5.32 Å². The van der Waals surface area contributed by atoms with E-state index in [4.69, 9.17) is 4.74 Å².